The molecule has 0 atom stereocenters. The number of aromatic nitrogens is 2. The summed E-state index contributed by atoms with van der Waals surface area (Å²) in [5, 5.41) is 4.90. The van der Waals surface area contributed by atoms with E-state index in [1.54, 1.807) is 17.5 Å². The van der Waals surface area contributed by atoms with Gasteiger partial charge in [0.2, 0.25) is 0 Å². The maximum Gasteiger partial charge on any atom is 0.273 e. The SMILES string of the molecule is CCn1c(C(=O)Nc2cc(C)ccn2)cc2sccc21. The summed E-state index contributed by atoms with van der Waals surface area (Å²) < 4.78 is 3.16. The number of hydrogen-bond donors (Lipinski definition) is 1. The molecule has 5 heteroatoms. The van der Waals surface area contributed by atoms with Crippen LogP contribution in [0.1, 0.15) is 23.0 Å². The van der Waals surface area contributed by atoms with E-state index >= 15 is 0 Å². The maximum atomic E-state index is 12.4. The van der Waals surface area contributed by atoms with Crippen LogP contribution in [0.15, 0.2) is 35.8 Å². The largest absolute Gasteiger partial charge is 0.336 e. The summed E-state index contributed by atoms with van der Waals surface area (Å²) in [6, 6.07) is 7.75. The second-order valence-corrected chi connectivity index (χ2v) is 5.56. The van der Waals surface area contributed by atoms with Gasteiger partial charge in [0.05, 0.1) is 10.2 Å². The van der Waals surface area contributed by atoms with Crippen LogP contribution in [0.4, 0.5) is 5.82 Å². The molecule has 0 spiro atoms. The molecule has 0 radical (unpaired) electrons. The number of pyridine rings is 1. The monoisotopic (exact) mass is 285 g/mol. The number of hydrogen-bond acceptors (Lipinski definition) is 3. The number of anilines is 1. The zero-order valence-electron chi connectivity index (χ0n) is 11.4. The van der Waals surface area contributed by atoms with Crippen molar-refractivity contribution in [2.45, 2.75) is 20.4 Å². The number of nitrogens with one attached hydrogen (secondary N) is 1. The van der Waals surface area contributed by atoms with E-state index in [2.05, 4.69) is 10.3 Å². The van der Waals surface area contributed by atoms with Gasteiger partial charge in [0.1, 0.15) is 11.5 Å². The van der Waals surface area contributed by atoms with Crippen LogP contribution >= 0.6 is 11.3 Å². The van der Waals surface area contributed by atoms with Gasteiger partial charge >= 0.3 is 0 Å². The number of carbonyl (C=O) groups excluding carboxylic acids is 1. The van der Waals surface area contributed by atoms with Gasteiger partial charge in [0, 0.05) is 12.7 Å². The van der Waals surface area contributed by atoms with Crippen LogP contribution in [-0.2, 0) is 6.54 Å². The summed E-state index contributed by atoms with van der Waals surface area (Å²) in [5.41, 5.74) is 2.86. The minimum Gasteiger partial charge on any atom is -0.336 e. The Bertz CT molecular complexity index is 772. The molecule has 0 aliphatic carbocycles. The van der Waals surface area contributed by atoms with Gasteiger partial charge in [-0.15, -0.1) is 11.3 Å². The normalized spacial score (nSPS) is 10.9. The highest BCUT2D eigenvalue weighted by molar-refractivity contribution is 7.17. The summed E-state index contributed by atoms with van der Waals surface area (Å²) in [6.45, 7) is 4.78. The topological polar surface area (TPSA) is 46.9 Å². The molecule has 0 aliphatic rings. The van der Waals surface area contributed by atoms with Crippen molar-refractivity contribution in [3.63, 3.8) is 0 Å². The van der Waals surface area contributed by atoms with Crippen LogP contribution in [0.2, 0.25) is 0 Å². The Morgan fingerprint density at radius 3 is 3.00 bits per heavy atom. The molecule has 0 fully saturated rings. The molecular formula is C15H15N3OS. The van der Waals surface area contributed by atoms with Crippen molar-refractivity contribution in [3.05, 3.63) is 47.1 Å². The van der Waals surface area contributed by atoms with Gasteiger partial charge < -0.3 is 9.88 Å². The van der Waals surface area contributed by atoms with E-state index in [4.69, 9.17) is 0 Å². The summed E-state index contributed by atoms with van der Waals surface area (Å²) >= 11 is 1.65. The van der Waals surface area contributed by atoms with E-state index < -0.39 is 0 Å². The molecule has 3 rings (SSSR count). The van der Waals surface area contributed by atoms with Crippen LogP contribution in [-0.4, -0.2) is 15.5 Å². The molecule has 3 aromatic rings. The Kier molecular flexibility index (Phi) is 3.28. The molecule has 20 heavy (non-hydrogen) atoms. The predicted molar refractivity (Wildman–Crippen MR) is 82.4 cm³/mol. The van der Waals surface area contributed by atoms with E-state index in [-0.39, 0.29) is 5.91 Å². The van der Waals surface area contributed by atoms with Crippen molar-refractivity contribution in [3.8, 4) is 0 Å². The number of amides is 1. The smallest absolute Gasteiger partial charge is 0.273 e. The molecule has 0 aliphatic heterocycles. The number of thiophene rings is 1. The maximum absolute atomic E-state index is 12.4. The van der Waals surface area contributed by atoms with Gasteiger partial charge in [-0.3, -0.25) is 4.79 Å². The van der Waals surface area contributed by atoms with E-state index in [1.807, 2.05) is 48.1 Å². The van der Waals surface area contributed by atoms with Gasteiger partial charge in [-0.2, -0.15) is 0 Å². The number of carbonyl (C=O) groups is 1. The van der Waals surface area contributed by atoms with Crippen LogP contribution in [0, 0.1) is 6.92 Å². The van der Waals surface area contributed by atoms with Gasteiger partial charge in [-0.25, -0.2) is 4.98 Å². The van der Waals surface area contributed by atoms with Crippen molar-refractivity contribution >= 4 is 33.3 Å². The first-order valence-electron chi connectivity index (χ1n) is 6.50. The highest BCUT2D eigenvalue weighted by atomic mass is 32.1. The second kappa shape index (κ2) is 5.09. The van der Waals surface area contributed by atoms with Crippen molar-refractivity contribution in [1.29, 1.82) is 0 Å². The molecule has 3 heterocycles. The van der Waals surface area contributed by atoms with E-state index in [0.29, 0.717) is 11.5 Å². The quantitative estimate of drug-likeness (QED) is 0.798. The lowest BCUT2D eigenvalue weighted by atomic mass is 10.3. The molecular weight excluding hydrogens is 270 g/mol. The first kappa shape index (κ1) is 12.9. The third-order valence-corrected chi connectivity index (χ3v) is 4.08. The molecule has 4 nitrogen and oxygen atoms in total. The Morgan fingerprint density at radius 1 is 1.40 bits per heavy atom. The molecule has 0 saturated carbocycles. The minimum atomic E-state index is -0.117. The Balaban J connectivity index is 1.94. The lowest BCUT2D eigenvalue weighted by Crippen LogP contribution is -2.17. The zero-order valence-corrected chi connectivity index (χ0v) is 12.2. The van der Waals surface area contributed by atoms with E-state index in [9.17, 15) is 4.79 Å². The molecule has 3 aromatic heterocycles. The Labute approximate surface area is 121 Å². The average Bonchev–Trinajstić information content (AvgIpc) is 2.98. The van der Waals surface area contributed by atoms with Gasteiger partial charge in [-0.1, -0.05) is 0 Å². The lowest BCUT2D eigenvalue weighted by molar-refractivity contribution is 0.101. The van der Waals surface area contributed by atoms with Gasteiger partial charge in [0.25, 0.3) is 5.91 Å². The van der Waals surface area contributed by atoms with E-state index in [1.165, 1.54) is 0 Å². The molecule has 0 bridgehead atoms. The summed E-state index contributed by atoms with van der Waals surface area (Å²) in [6.07, 6.45) is 1.70. The molecule has 1 amide bonds. The Hall–Kier alpha value is -2.14. The van der Waals surface area contributed by atoms with Crippen LogP contribution in [0.5, 0.6) is 0 Å². The molecule has 102 valence electrons. The number of aryl methyl sites for hydroxylation is 2. The van der Waals surface area contributed by atoms with Crippen molar-refractivity contribution < 1.29 is 4.79 Å². The first-order valence-corrected chi connectivity index (χ1v) is 7.37. The van der Waals surface area contributed by atoms with Gasteiger partial charge in [-0.05, 0) is 49.1 Å². The van der Waals surface area contributed by atoms with Crippen molar-refractivity contribution in [2.75, 3.05) is 5.32 Å². The van der Waals surface area contributed by atoms with Crippen LogP contribution < -0.4 is 5.32 Å². The standard InChI is InChI=1S/C15H15N3OS/c1-3-18-11-5-7-20-13(11)9-12(18)15(19)17-14-8-10(2)4-6-16-14/h4-9H,3H2,1-2H3,(H,16,17,19). The fraction of sp³-hybridized carbons (Fsp3) is 0.200. The fourth-order valence-corrected chi connectivity index (χ4v) is 3.11. The predicted octanol–water partition coefficient (Wildman–Crippen LogP) is 3.68. The Morgan fingerprint density at radius 2 is 2.25 bits per heavy atom. The average molecular weight is 285 g/mol. The van der Waals surface area contributed by atoms with Crippen molar-refractivity contribution in [1.82, 2.24) is 9.55 Å². The van der Waals surface area contributed by atoms with Crippen LogP contribution in [0.25, 0.3) is 10.2 Å². The number of rotatable bonds is 3. The highest BCUT2D eigenvalue weighted by Gasteiger charge is 2.15. The highest BCUT2D eigenvalue weighted by Crippen LogP contribution is 2.25. The second-order valence-electron chi connectivity index (χ2n) is 4.62. The molecule has 0 saturated heterocycles. The zero-order chi connectivity index (χ0) is 14.1. The molecule has 0 aromatic carbocycles. The minimum absolute atomic E-state index is 0.117. The van der Waals surface area contributed by atoms with E-state index in [0.717, 1.165) is 22.3 Å². The van der Waals surface area contributed by atoms with Crippen molar-refractivity contribution in [2.24, 2.45) is 0 Å². The fourth-order valence-electron chi connectivity index (χ4n) is 2.29. The third-order valence-electron chi connectivity index (χ3n) is 3.23. The third kappa shape index (κ3) is 2.20. The van der Waals surface area contributed by atoms with Crippen LogP contribution in [0.3, 0.4) is 0 Å². The number of fused-ring (bicyclic) bond motifs is 1. The summed E-state index contributed by atoms with van der Waals surface area (Å²) in [7, 11) is 0. The number of nitrogens with zero attached hydrogens (tertiary/aromatic N) is 2. The van der Waals surface area contributed by atoms with Gasteiger partial charge in [0.15, 0.2) is 0 Å². The lowest BCUT2D eigenvalue weighted by Gasteiger charge is -2.08. The first-order chi connectivity index (χ1) is 9.69. The summed E-state index contributed by atoms with van der Waals surface area (Å²) in [4.78, 5) is 16.6. The summed E-state index contributed by atoms with van der Waals surface area (Å²) in [5.74, 6) is 0.468. The molecule has 1 N–H and O–H groups in total. The molecule has 0 unspecified atom stereocenters.